The number of nitrogens with zero attached hydrogens (tertiary/aromatic N) is 1. The second-order valence-corrected chi connectivity index (χ2v) is 16.8. The van der Waals surface area contributed by atoms with Crippen molar-refractivity contribution < 1.29 is 8.83 Å². The third kappa shape index (κ3) is 6.12. The molecule has 0 radical (unpaired) electrons. The fourth-order valence-corrected chi connectivity index (χ4v) is 9.92. The van der Waals surface area contributed by atoms with Crippen molar-refractivity contribution in [3.8, 4) is 44.5 Å². The highest BCUT2D eigenvalue weighted by Gasteiger charge is 2.21. The molecule has 0 saturated heterocycles. The van der Waals surface area contributed by atoms with Gasteiger partial charge in [0.1, 0.15) is 22.3 Å². The Labute approximate surface area is 375 Å². The molecule has 65 heavy (non-hydrogen) atoms. The van der Waals surface area contributed by atoms with Crippen LogP contribution in [0.4, 0.5) is 17.1 Å². The summed E-state index contributed by atoms with van der Waals surface area (Å²) < 4.78 is 13.5. The molecule has 0 amide bonds. The summed E-state index contributed by atoms with van der Waals surface area (Å²) in [6.45, 7) is 0. The Kier molecular flexibility index (Phi) is 8.53. The van der Waals surface area contributed by atoms with E-state index in [1.54, 1.807) is 0 Å². The third-order valence-electron chi connectivity index (χ3n) is 13.1. The lowest BCUT2D eigenvalue weighted by molar-refractivity contribution is 0.673. The van der Waals surface area contributed by atoms with Gasteiger partial charge in [0.25, 0.3) is 0 Å². The van der Waals surface area contributed by atoms with Crippen LogP contribution in [0.1, 0.15) is 0 Å². The standard InChI is InChI=1S/C62H39NO2/c1-2-13-40(14-3-1)45-17-10-18-46(39-45)49-19-8-9-26-58(49)63(47-33-27-43(28-34-47)52-22-11-24-54-56-37-31-41-15-4-6-20-50(41)61(56)64-59(52)54)48-35-29-44(30-36-48)53-23-12-25-55-57-38-32-42-16-5-7-21-51(42)62(57)65-60(53)55/h1-39H. The summed E-state index contributed by atoms with van der Waals surface area (Å²) in [6, 6.07) is 84.6. The van der Waals surface area contributed by atoms with E-state index in [1.165, 1.54) is 21.9 Å². The molecule has 3 heteroatoms. The zero-order valence-electron chi connectivity index (χ0n) is 35.3. The van der Waals surface area contributed by atoms with E-state index in [0.29, 0.717) is 0 Å². The van der Waals surface area contributed by atoms with Crippen LogP contribution in [0.3, 0.4) is 0 Å². The predicted octanol–water partition coefficient (Wildman–Crippen LogP) is 17.9. The van der Waals surface area contributed by atoms with E-state index in [1.807, 2.05) is 0 Å². The minimum absolute atomic E-state index is 0.898. The van der Waals surface area contributed by atoms with Gasteiger partial charge < -0.3 is 13.7 Å². The van der Waals surface area contributed by atoms with Gasteiger partial charge in [0.15, 0.2) is 0 Å². The van der Waals surface area contributed by atoms with Crippen LogP contribution in [-0.2, 0) is 0 Å². The van der Waals surface area contributed by atoms with Crippen LogP contribution in [0, 0.1) is 0 Å². The van der Waals surface area contributed by atoms with Gasteiger partial charge in [0.05, 0.1) is 5.69 Å². The van der Waals surface area contributed by atoms with Crippen LogP contribution in [0.25, 0.3) is 110 Å². The molecule has 0 bridgehead atoms. The van der Waals surface area contributed by atoms with Crippen LogP contribution in [0.2, 0.25) is 0 Å². The minimum Gasteiger partial charge on any atom is -0.455 e. The molecule has 13 rings (SSSR count). The van der Waals surface area contributed by atoms with Crippen molar-refractivity contribution in [3.05, 3.63) is 237 Å². The van der Waals surface area contributed by atoms with Gasteiger partial charge in [-0.25, -0.2) is 0 Å². The number of hydrogen-bond acceptors (Lipinski definition) is 3. The SMILES string of the molecule is c1ccc(-c2cccc(-c3ccccc3N(c3ccc(-c4cccc5c4oc4c6ccccc6ccc54)cc3)c3ccc(-c4cccc5c4oc4c6ccccc6ccc54)cc3)c2)cc1. The van der Waals surface area contributed by atoms with Gasteiger partial charge in [-0.1, -0.05) is 188 Å². The van der Waals surface area contributed by atoms with Gasteiger partial charge >= 0.3 is 0 Å². The third-order valence-corrected chi connectivity index (χ3v) is 13.1. The molecule has 304 valence electrons. The molecule has 2 aromatic heterocycles. The summed E-state index contributed by atoms with van der Waals surface area (Å²) >= 11 is 0. The Morgan fingerprint density at radius 3 is 1.26 bits per heavy atom. The first kappa shape index (κ1) is 36.9. The van der Waals surface area contributed by atoms with E-state index in [-0.39, 0.29) is 0 Å². The topological polar surface area (TPSA) is 29.5 Å². The summed E-state index contributed by atoms with van der Waals surface area (Å²) in [6.07, 6.45) is 0. The van der Waals surface area contributed by atoms with Gasteiger partial charge in [-0.15, -0.1) is 0 Å². The molecule has 0 aliphatic heterocycles. The first-order chi connectivity index (χ1) is 32.2. The number of para-hydroxylation sites is 3. The van der Waals surface area contributed by atoms with Crippen molar-refractivity contribution in [2.24, 2.45) is 0 Å². The molecular weight excluding hydrogens is 791 g/mol. The average molecular weight is 830 g/mol. The van der Waals surface area contributed by atoms with Gasteiger partial charge in [0.2, 0.25) is 0 Å². The van der Waals surface area contributed by atoms with Gasteiger partial charge in [-0.05, 0) is 87.1 Å². The van der Waals surface area contributed by atoms with Crippen LogP contribution in [0.15, 0.2) is 245 Å². The maximum Gasteiger partial charge on any atom is 0.143 e. The first-order valence-electron chi connectivity index (χ1n) is 22.2. The Hall–Kier alpha value is -8.66. The molecule has 11 aromatic carbocycles. The van der Waals surface area contributed by atoms with E-state index in [4.69, 9.17) is 8.83 Å². The molecule has 0 aliphatic carbocycles. The molecule has 0 atom stereocenters. The van der Waals surface area contributed by atoms with Crippen molar-refractivity contribution in [1.29, 1.82) is 0 Å². The van der Waals surface area contributed by atoms with Crippen molar-refractivity contribution in [2.75, 3.05) is 4.90 Å². The van der Waals surface area contributed by atoms with Crippen LogP contribution in [-0.4, -0.2) is 0 Å². The van der Waals surface area contributed by atoms with E-state index >= 15 is 0 Å². The van der Waals surface area contributed by atoms with Crippen molar-refractivity contribution in [1.82, 2.24) is 0 Å². The summed E-state index contributed by atoms with van der Waals surface area (Å²) in [5.74, 6) is 0. The number of benzene rings is 11. The molecule has 0 aliphatic rings. The van der Waals surface area contributed by atoms with Gasteiger partial charge in [-0.2, -0.15) is 0 Å². The monoisotopic (exact) mass is 829 g/mol. The predicted molar refractivity (Wildman–Crippen MR) is 272 cm³/mol. The number of anilines is 3. The van der Waals surface area contributed by atoms with E-state index in [9.17, 15) is 0 Å². The fraction of sp³-hybridized carbons (Fsp3) is 0. The molecule has 0 N–H and O–H groups in total. The highest BCUT2D eigenvalue weighted by molar-refractivity contribution is 6.18. The lowest BCUT2D eigenvalue weighted by atomic mass is 9.96. The van der Waals surface area contributed by atoms with Crippen molar-refractivity contribution >= 4 is 82.5 Å². The van der Waals surface area contributed by atoms with E-state index < -0.39 is 0 Å². The fourth-order valence-electron chi connectivity index (χ4n) is 9.92. The maximum atomic E-state index is 6.77. The van der Waals surface area contributed by atoms with Crippen LogP contribution in [0.5, 0.6) is 0 Å². The summed E-state index contributed by atoms with van der Waals surface area (Å²) in [5, 5.41) is 9.09. The Morgan fingerprint density at radius 2 is 0.677 bits per heavy atom. The molecule has 13 aromatic rings. The summed E-state index contributed by atoms with van der Waals surface area (Å²) in [7, 11) is 0. The Morgan fingerprint density at radius 1 is 0.246 bits per heavy atom. The normalized spacial score (nSPS) is 11.7. The quantitative estimate of drug-likeness (QED) is 0.160. The first-order valence-corrected chi connectivity index (χ1v) is 22.2. The molecule has 0 saturated carbocycles. The summed E-state index contributed by atoms with van der Waals surface area (Å²) in [4.78, 5) is 2.37. The Balaban J connectivity index is 0.943. The minimum atomic E-state index is 0.898. The lowest BCUT2D eigenvalue weighted by Crippen LogP contribution is -2.11. The number of fused-ring (bicyclic) bond motifs is 10. The molecule has 0 fully saturated rings. The van der Waals surface area contributed by atoms with Crippen molar-refractivity contribution in [2.45, 2.75) is 0 Å². The number of hydrogen-bond donors (Lipinski definition) is 0. The second-order valence-electron chi connectivity index (χ2n) is 16.8. The van der Waals surface area contributed by atoms with Crippen molar-refractivity contribution in [3.63, 3.8) is 0 Å². The highest BCUT2D eigenvalue weighted by Crippen LogP contribution is 2.45. The van der Waals surface area contributed by atoms with Crippen LogP contribution >= 0.6 is 0 Å². The summed E-state index contributed by atoms with van der Waals surface area (Å²) in [5.41, 5.74) is 15.8. The zero-order valence-corrected chi connectivity index (χ0v) is 35.3. The smallest absolute Gasteiger partial charge is 0.143 e. The van der Waals surface area contributed by atoms with Gasteiger partial charge in [-0.3, -0.25) is 0 Å². The average Bonchev–Trinajstić information content (AvgIpc) is 3.97. The molecule has 3 nitrogen and oxygen atoms in total. The zero-order chi connectivity index (χ0) is 42.8. The molecule has 2 heterocycles. The second kappa shape index (κ2) is 15.0. The largest absolute Gasteiger partial charge is 0.455 e. The lowest BCUT2D eigenvalue weighted by Gasteiger charge is -2.28. The van der Waals surface area contributed by atoms with Crippen LogP contribution < -0.4 is 4.90 Å². The molecular formula is C62H39NO2. The molecule has 0 spiro atoms. The highest BCUT2D eigenvalue weighted by atomic mass is 16.3. The van der Waals surface area contributed by atoms with Gasteiger partial charge in [0, 0.05) is 60.4 Å². The molecule has 0 unspecified atom stereocenters. The Bertz CT molecular complexity index is 3740. The number of rotatable bonds is 7. The number of furan rings is 2. The van der Waals surface area contributed by atoms with E-state index in [0.717, 1.165) is 105 Å². The maximum absolute atomic E-state index is 6.77. The van der Waals surface area contributed by atoms with E-state index in [2.05, 4.69) is 241 Å².